The number of aliphatic hydroxyl groups is 1. The maximum atomic E-state index is 9.12. The Hall–Kier alpha value is -0.800. The van der Waals surface area contributed by atoms with Crippen molar-refractivity contribution < 1.29 is 5.11 Å². The van der Waals surface area contributed by atoms with Crippen LogP contribution in [0.4, 0.5) is 0 Å². The molecule has 0 aliphatic carbocycles. The highest BCUT2D eigenvalue weighted by Gasteiger charge is 2.08. The molecular weight excluding hydrogens is 182 g/mol. The molecule has 0 atom stereocenters. The Bertz CT molecular complexity index is 427. The highest BCUT2D eigenvalue weighted by atomic mass is 32.1. The van der Waals surface area contributed by atoms with Crippen molar-refractivity contribution in [1.29, 1.82) is 0 Å². The van der Waals surface area contributed by atoms with Crippen LogP contribution in [0.5, 0.6) is 0 Å². The summed E-state index contributed by atoms with van der Waals surface area (Å²) in [6, 6.07) is 4.24. The van der Waals surface area contributed by atoms with Crippen LogP contribution in [0, 0.1) is 6.92 Å². The van der Waals surface area contributed by atoms with Gasteiger partial charge in [0.1, 0.15) is 4.83 Å². The van der Waals surface area contributed by atoms with Gasteiger partial charge in [-0.2, -0.15) is 0 Å². The number of aromatic nitrogens is 1. The van der Waals surface area contributed by atoms with Crippen molar-refractivity contribution in [3.05, 3.63) is 22.7 Å². The van der Waals surface area contributed by atoms with Crippen molar-refractivity contribution in [2.24, 2.45) is 0 Å². The second-order valence-electron chi connectivity index (χ2n) is 3.16. The molecule has 2 nitrogen and oxygen atoms in total. The average molecular weight is 195 g/mol. The van der Waals surface area contributed by atoms with Gasteiger partial charge in [-0.15, -0.1) is 11.3 Å². The fourth-order valence-electron chi connectivity index (χ4n) is 1.70. The van der Waals surface area contributed by atoms with Crippen LogP contribution in [0.3, 0.4) is 0 Å². The lowest BCUT2D eigenvalue weighted by Gasteiger charge is -2.02. The second kappa shape index (κ2) is 3.16. The molecule has 2 aromatic rings. The molecule has 0 saturated heterocycles. The lowest BCUT2D eigenvalue weighted by atomic mass is 10.3. The van der Waals surface area contributed by atoms with Gasteiger partial charge in [0.2, 0.25) is 0 Å². The molecular formula is C10H13NOS. The van der Waals surface area contributed by atoms with E-state index in [0.717, 1.165) is 12.2 Å². The van der Waals surface area contributed by atoms with E-state index in [4.69, 9.17) is 5.11 Å². The Morgan fingerprint density at radius 3 is 2.85 bits per heavy atom. The van der Waals surface area contributed by atoms with Crippen LogP contribution in [-0.4, -0.2) is 9.67 Å². The first kappa shape index (κ1) is 8.78. The third kappa shape index (κ3) is 1.28. The minimum atomic E-state index is 0.133. The zero-order valence-electron chi connectivity index (χ0n) is 7.87. The van der Waals surface area contributed by atoms with Crippen molar-refractivity contribution in [2.45, 2.75) is 27.0 Å². The predicted molar refractivity (Wildman–Crippen MR) is 56.1 cm³/mol. The summed E-state index contributed by atoms with van der Waals surface area (Å²) in [5.74, 6) is 0. The maximum absolute atomic E-state index is 9.12. The van der Waals surface area contributed by atoms with Crippen LogP contribution in [-0.2, 0) is 13.2 Å². The zero-order valence-corrected chi connectivity index (χ0v) is 8.69. The minimum absolute atomic E-state index is 0.133. The van der Waals surface area contributed by atoms with Gasteiger partial charge in [-0.1, -0.05) is 0 Å². The molecule has 0 saturated carbocycles. The van der Waals surface area contributed by atoms with Crippen molar-refractivity contribution in [2.75, 3.05) is 0 Å². The normalized spacial score (nSPS) is 11.3. The van der Waals surface area contributed by atoms with Crippen LogP contribution in [0.2, 0.25) is 0 Å². The predicted octanol–water partition coefficient (Wildman–Crippen LogP) is 2.52. The Labute approximate surface area is 81.4 Å². The summed E-state index contributed by atoms with van der Waals surface area (Å²) in [6.07, 6.45) is 0. The molecule has 0 fully saturated rings. The topological polar surface area (TPSA) is 25.2 Å². The molecule has 3 heteroatoms. The van der Waals surface area contributed by atoms with Crippen LogP contribution in [0.1, 0.15) is 17.5 Å². The van der Waals surface area contributed by atoms with Crippen molar-refractivity contribution in [3.8, 4) is 0 Å². The van der Waals surface area contributed by atoms with E-state index in [1.165, 1.54) is 15.1 Å². The van der Waals surface area contributed by atoms with Crippen molar-refractivity contribution in [3.63, 3.8) is 0 Å². The van der Waals surface area contributed by atoms with Gasteiger partial charge in [0.15, 0.2) is 0 Å². The summed E-state index contributed by atoms with van der Waals surface area (Å²) in [6.45, 7) is 5.28. The monoisotopic (exact) mass is 195 g/mol. The first-order valence-corrected chi connectivity index (χ1v) is 5.27. The lowest BCUT2D eigenvalue weighted by molar-refractivity contribution is 0.272. The van der Waals surface area contributed by atoms with Gasteiger partial charge in [-0.05, 0) is 26.0 Å². The van der Waals surface area contributed by atoms with E-state index in [2.05, 4.69) is 30.5 Å². The van der Waals surface area contributed by atoms with E-state index in [0.29, 0.717) is 0 Å². The molecule has 0 bridgehead atoms. The minimum Gasteiger partial charge on any atom is -0.390 e. The van der Waals surface area contributed by atoms with E-state index in [1.807, 2.05) is 0 Å². The van der Waals surface area contributed by atoms with Crippen molar-refractivity contribution in [1.82, 2.24) is 4.57 Å². The summed E-state index contributed by atoms with van der Waals surface area (Å²) in [7, 11) is 0. The third-order valence-corrected chi connectivity index (χ3v) is 3.34. The number of hydrogen-bond donors (Lipinski definition) is 1. The Morgan fingerprint density at radius 1 is 1.46 bits per heavy atom. The van der Waals surface area contributed by atoms with Gasteiger partial charge in [-0.3, -0.25) is 0 Å². The number of hydrogen-bond acceptors (Lipinski definition) is 2. The fourth-order valence-corrected chi connectivity index (χ4v) is 2.78. The standard InChI is InChI=1S/C10H13NOS/c1-3-11-9(6-12)5-8-4-7(2)13-10(8)11/h4-5,12H,3,6H2,1-2H3. The first-order valence-electron chi connectivity index (χ1n) is 4.45. The average Bonchev–Trinajstić information content (AvgIpc) is 2.59. The molecule has 2 rings (SSSR count). The van der Waals surface area contributed by atoms with E-state index >= 15 is 0 Å². The lowest BCUT2D eigenvalue weighted by Crippen LogP contribution is -1.98. The van der Waals surface area contributed by atoms with Gasteiger partial charge >= 0.3 is 0 Å². The van der Waals surface area contributed by atoms with E-state index in [-0.39, 0.29) is 6.61 Å². The summed E-state index contributed by atoms with van der Waals surface area (Å²) in [5, 5.41) is 10.4. The largest absolute Gasteiger partial charge is 0.390 e. The molecule has 0 unspecified atom stereocenters. The van der Waals surface area contributed by atoms with E-state index < -0.39 is 0 Å². The van der Waals surface area contributed by atoms with Crippen LogP contribution in [0.15, 0.2) is 12.1 Å². The molecule has 2 aromatic heterocycles. The third-order valence-electron chi connectivity index (χ3n) is 2.26. The summed E-state index contributed by atoms with van der Waals surface area (Å²) in [5.41, 5.74) is 1.02. The number of aliphatic hydroxyl groups excluding tert-OH is 1. The van der Waals surface area contributed by atoms with Gasteiger partial charge < -0.3 is 9.67 Å². The van der Waals surface area contributed by atoms with Gasteiger partial charge in [0.05, 0.1) is 6.61 Å². The van der Waals surface area contributed by atoms with Gasteiger partial charge in [0, 0.05) is 22.5 Å². The number of thiophene rings is 1. The zero-order chi connectivity index (χ0) is 9.42. The SMILES string of the molecule is CCn1c(CO)cc2cc(C)sc21. The molecule has 0 radical (unpaired) electrons. The number of fused-ring (bicyclic) bond motifs is 1. The maximum Gasteiger partial charge on any atom is 0.103 e. The molecule has 0 amide bonds. The number of aryl methyl sites for hydroxylation is 2. The van der Waals surface area contributed by atoms with Crippen LogP contribution >= 0.6 is 11.3 Å². The highest BCUT2D eigenvalue weighted by molar-refractivity contribution is 7.18. The fraction of sp³-hybridized carbons (Fsp3) is 0.400. The van der Waals surface area contributed by atoms with Crippen LogP contribution in [0.25, 0.3) is 10.2 Å². The summed E-state index contributed by atoms with van der Waals surface area (Å²) in [4.78, 5) is 2.61. The summed E-state index contributed by atoms with van der Waals surface area (Å²) >= 11 is 1.79. The molecule has 0 aromatic carbocycles. The van der Waals surface area contributed by atoms with E-state index in [9.17, 15) is 0 Å². The number of nitrogens with zero attached hydrogens (tertiary/aromatic N) is 1. The Morgan fingerprint density at radius 2 is 2.23 bits per heavy atom. The molecule has 2 heterocycles. The molecule has 1 N–H and O–H groups in total. The Kier molecular flexibility index (Phi) is 2.14. The van der Waals surface area contributed by atoms with Gasteiger partial charge in [0.25, 0.3) is 0 Å². The van der Waals surface area contributed by atoms with Crippen molar-refractivity contribution >= 4 is 21.6 Å². The smallest absolute Gasteiger partial charge is 0.103 e. The molecule has 70 valence electrons. The molecule has 13 heavy (non-hydrogen) atoms. The van der Waals surface area contributed by atoms with Crippen LogP contribution < -0.4 is 0 Å². The number of rotatable bonds is 2. The molecule has 0 spiro atoms. The molecule has 0 aliphatic heterocycles. The highest BCUT2D eigenvalue weighted by Crippen LogP contribution is 2.28. The van der Waals surface area contributed by atoms with Gasteiger partial charge in [-0.25, -0.2) is 0 Å². The quantitative estimate of drug-likeness (QED) is 0.782. The summed E-state index contributed by atoms with van der Waals surface area (Å²) < 4.78 is 2.17. The second-order valence-corrected chi connectivity index (χ2v) is 4.39. The Balaban J connectivity index is 2.70. The molecule has 0 aliphatic rings. The van der Waals surface area contributed by atoms with E-state index in [1.54, 1.807) is 11.3 Å². The first-order chi connectivity index (χ1) is 6.26.